The third-order valence-corrected chi connectivity index (χ3v) is 14.4. The summed E-state index contributed by atoms with van der Waals surface area (Å²) in [4.78, 5) is 74.2. The molecule has 0 unspecified atom stereocenters. The van der Waals surface area contributed by atoms with Crippen molar-refractivity contribution in [3.05, 3.63) is 82.0 Å². The van der Waals surface area contributed by atoms with Gasteiger partial charge < -0.3 is 29.4 Å². The second-order valence-corrected chi connectivity index (χ2v) is 21.2. The van der Waals surface area contributed by atoms with Gasteiger partial charge >= 0.3 is 25.2 Å². The van der Waals surface area contributed by atoms with E-state index in [2.05, 4.69) is 10.2 Å². The summed E-state index contributed by atoms with van der Waals surface area (Å²) in [6, 6.07) is 12.1. The molecule has 0 spiro atoms. The number of fused-ring (bicyclic) bond motifs is 2. The second kappa shape index (κ2) is 18.5. The zero-order valence-corrected chi connectivity index (χ0v) is 37.4. The monoisotopic (exact) mass is 898 g/mol. The number of rotatable bonds is 12. The number of carbonyl (C=O) groups is 5. The summed E-state index contributed by atoms with van der Waals surface area (Å²) in [5.41, 5.74) is -6.26. The van der Waals surface area contributed by atoms with Crippen LogP contribution in [-0.4, -0.2) is 90.3 Å². The Hall–Kier alpha value is -4.75. The van der Waals surface area contributed by atoms with Crippen molar-refractivity contribution in [2.75, 3.05) is 26.7 Å². The molecule has 62 heavy (non-hydrogen) atoms. The predicted octanol–water partition coefficient (Wildman–Crippen LogP) is 8.22. The Labute approximate surface area is 363 Å². The number of likely N-dealkylation sites (tertiary alicyclic amines) is 1. The van der Waals surface area contributed by atoms with Crippen LogP contribution >= 0.6 is 18.9 Å². The minimum Gasteiger partial charge on any atom is -0.438 e. The maximum absolute atomic E-state index is 16.3. The molecule has 3 aliphatic heterocycles. The Morgan fingerprint density at radius 3 is 2.11 bits per heavy atom. The topological polar surface area (TPSA) is 162 Å². The summed E-state index contributed by atoms with van der Waals surface area (Å²) in [5.74, 6) is -2.95. The number of hydrogen-bond donors (Lipinski definition) is 1. The number of carbonyl (C=O) groups excluding carboxylic acids is 5. The highest BCUT2D eigenvalue weighted by Crippen LogP contribution is 2.67. The summed E-state index contributed by atoms with van der Waals surface area (Å²) >= 11 is 0.999. The maximum atomic E-state index is 16.3. The Kier molecular flexibility index (Phi) is 14.0. The van der Waals surface area contributed by atoms with Crippen LogP contribution in [0.15, 0.2) is 54.6 Å². The zero-order chi connectivity index (χ0) is 45.2. The number of esters is 2. The molecule has 3 amide bonds. The Balaban J connectivity index is 1.18. The number of ether oxygens (including phenoxy) is 2. The largest absolute Gasteiger partial charge is 0.438 e. The number of amides is 3. The van der Waals surface area contributed by atoms with Crippen molar-refractivity contribution in [3.63, 3.8) is 0 Å². The SMILES string of the molecule is [C-]#[N+][C@H]1CN(C(=O)[C@@H]2CC[C@@H]3CCCC[C@H](NC(=O)c4cc5cc(C(F)(F)P(=O)(OCOC(=O)C(C)(C)C)OCOC(=O)C(C)(C)C)ccc5s4)C(=O)N32)C[C@@H]1c1ccccc1. The van der Waals surface area contributed by atoms with Crippen molar-refractivity contribution < 1.29 is 55.8 Å². The molecule has 1 N–H and O–H groups in total. The van der Waals surface area contributed by atoms with E-state index < -0.39 is 79.2 Å². The average molecular weight is 899 g/mol. The maximum Gasteiger partial charge on any atom is 0.410 e. The van der Waals surface area contributed by atoms with Gasteiger partial charge in [-0.1, -0.05) is 49.2 Å². The quantitative estimate of drug-likeness (QED) is 0.0812. The van der Waals surface area contributed by atoms with Crippen molar-refractivity contribution in [2.45, 2.75) is 116 Å². The van der Waals surface area contributed by atoms with E-state index >= 15 is 8.78 Å². The first-order valence-corrected chi connectivity index (χ1v) is 23.0. The molecule has 1 aromatic heterocycles. The van der Waals surface area contributed by atoms with Gasteiger partial charge in [-0.3, -0.25) is 37.6 Å². The van der Waals surface area contributed by atoms with E-state index in [0.29, 0.717) is 36.9 Å². The molecule has 3 fully saturated rings. The lowest BCUT2D eigenvalue weighted by molar-refractivity contribution is -0.163. The molecular weight excluding hydrogens is 846 g/mol. The van der Waals surface area contributed by atoms with Crippen LogP contribution in [0.4, 0.5) is 8.78 Å². The van der Waals surface area contributed by atoms with Crippen molar-refractivity contribution in [2.24, 2.45) is 10.8 Å². The first kappa shape index (κ1) is 46.7. The molecule has 334 valence electrons. The van der Waals surface area contributed by atoms with Gasteiger partial charge in [0.2, 0.25) is 31.4 Å². The van der Waals surface area contributed by atoms with Crippen LogP contribution in [-0.2, 0) is 47.9 Å². The van der Waals surface area contributed by atoms with Crippen LogP contribution in [0.5, 0.6) is 0 Å². The normalized spacial score (nSPS) is 22.4. The molecule has 5 atom stereocenters. The van der Waals surface area contributed by atoms with E-state index in [-0.39, 0.29) is 40.6 Å². The highest BCUT2D eigenvalue weighted by Gasteiger charge is 2.56. The van der Waals surface area contributed by atoms with Gasteiger partial charge in [0.25, 0.3) is 5.91 Å². The van der Waals surface area contributed by atoms with Gasteiger partial charge in [-0.2, -0.15) is 8.78 Å². The lowest BCUT2D eigenvalue weighted by Crippen LogP contribution is -2.56. The summed E-state index contributed by atoms with van der Waals surface area (Å²) in [6.45, 7) is 15.3. The molecule has 0 bridgehead atoms. The molecule has 3 saturated heterocycles. The van der Waals surface area contributed by atoms with Crippen LogP contribution < -0.4 is 5.32 Å². The van der Waals surface area contributed by atoms with Gasteiger partial charge in [0.1, 0.15) is 12.1 Å². The standard InChI is InChI=1S/C44H53F2N4O10PS/c1-42(2,3)40(54)57-25-59-61(56,60-26-58-41(55)43(4,5)6)44(45,46)29-17-20-35-28(21-29)22-36(62-35)37(51)48-32-16-12-11-15-30-18-19-34(50(30)38(32)52)39(53)49-23-31(33(24-49)47-7)27-13-9-8-10-14-27/h8-10,13-14,17,20-22,30-34H,11-12,15-16,18-19,23-26H2,1-6H3,(H,48,51)/t30-,31+,32-,33-,34-/m0/s1. The number of nitrogens with one attached hydrogen (secondary N) is 1. The first-order valence-electron chi connectivity index (χ1n) is 20.6. The van der Waals surface area contributed by atoms with E-state index in [1.54, 1.807) is 9.80 Å². The average Bonchev–Trinajstić information content (AvgIpc) is 3.97. The lowest BCUT2D eigenvalue weighted by atomic mass is 9.95. The number of alkyl halides is 2. The number of benzene rings is 2. The fourth-order valence-electron chi connectivity index (χ4n) is 7.90. The van der Waals surface area contributed by atoms with Crippen LogP contribution in [0.1, 0.15) is 107 Å². The number of halogens is 2. The molecule has 6 rings (SSSR count). The van der Waals surface area contributed by atoms with Crippen LogP contribution in [0.25, 0.3) is 14.9 Å². The van der Waals surface area contributed by atoms with E-state index in [1.165, 1.54) is 53.7 Å². The summed E-state index contributed by atoms with van der Waals surface area (Å²) in [5, 5.41) is 3.04. The second-order valence-electron chi connectivity index (χ2n) is 18.0. The van der Waals surface area contributed by atoms with Crippen molar-refractivity contribution >= 4 is 58.7 Å². The molecule has 0 saturated carbocycles. The Morgan fingerprint density at radius 1 is 0.871 bits per heavy atom. The molecule has 3 aromatic rings. The predicted molar refractivity (Wildman–Crippen MR) is 226 cm³/mol. The van der Waals surface area contributed by atoms with E-state index in [0.717, 1.165) is 41.9 Å². The highest BCUT2D eigenvalue weighted by molar-refractivity contribution is 7.54. The third-order valence-electron chi connectivity index (χ3n) is 11.4. The molecule has 18 heteroatoms. The molecule has 14 nitrogen and oxygen atoms in total. The Bertz CT molecular complexity index is 2230. The third kappa shape index (κ3) is 10.0. The van der Waals surface area contributed by atoms with Crippen molar-refractivity contribution in [1.82, 2.24) is 15.1 Å². The minimum atomic E-state index is -5.59. The molecule has 0 aliphatic carbocycles. The van der Waals surface area contributed by atoms with Gasteiger partial charge in [-0.05, 0) is 96.4 Å². The number of nitrogens with zero attached hydrogens (tertiary/aromatic N) is 3. The van der Waals surface area contributed by atoms with Crippen LogP contribution in [0, 0.1) is 17.4 Å². The summed E-state index contributed by atoms with van der Waals surface area (Å²) < 4.78 is 66.8. The number of thiophene rings is 1. The van der Waals surface area contributed by atoms with Gasteiger partial charge in [-0.25, -0.2) is 6.57 Å². The molecule has 4 heterocycles. The van der Waals surface area contributed by atoms with E-state index in [9.17, 15) is 28.5 Å². The highest BCUT2D eigenvalue weighted by atomic mass is 32.1. The first-order chi connectivity index (χ1) is 29.1. The fourth-order valence-corrected chi connectivity index (χ4v) is 10.1. The van der Waals surface area contributed by atoms with E-state index in [4.69, 9.17) is 25.1 Å². The van der Waals surface area contributed by atoms with Gasteiger partial charge in [-0.15, -0.1) is 11.3 Å². The van der Waals surface area contributed by atoms with Crippen molar-refractivity contribution in [1.29, 1.82) is 0 Å². The molecule has 2 aromatic carbocycles. The van der Waals surface area contributed by atoms with Crippen molar-refractivity contribution in [3.8, 4) is 0 Å². The fraction of sp³-hybridized carbons (Fsp3) is 0.545. The minimum absolute atomic E-state index is 0.119. The van der Waals surface area contributed by atoms with Crippen LogP contribution in [0.3, 0.4) is 0 Å². The zero-order valence-electron chi connectivity index (χ0n) is 35.7. The Morgan fingerprint density at radius 2 is 1.50 bits per heavy atom. The summed E-state index contributed by atoms with van der Waals surface area (Å²) in [7, 11) is -5.59. The van der Waals surface area contributed by atoms with Gasteiger partial charge in [0.05, 0.1) is 28.2 Å². The molecular formula is C44H53F2N4O10PS. The summed E-state index contributed by atoms with van der Waals surface area (Å²) in [6.07, 6.45) is 3.63. The van der Waals surface area contributed by atoms with Gasteiger partial charge in [0, 0.05) is 22.8 Å². The van der Waals surface area contributed by atoms with Gasteiger partial charge in [0.15, 0.2) is 0 Å². The molecule has 3 aliphatic rings. The van der Waals surface area contributed by atoms with E-state index in [1.807, 2.05) is 30.3 Å². The smallest absolute Gasteiger partial charge is 0.410 e. The number of hydrogen-bond acceptors (Lipinski definition) is 11. The lowest BCUT2D eigenvalue weighted by Gasteiger charge is -2.36. The van der Waals surface area contributed by atoms with Crippen LogP contribution in [0.2, 0.25) is 0 Å². The molecule has 0 radical (unpaired) electrons.